The van der Waals surface area contributed by atoms with E-state index >= 15 is 0 Å². The lowest BCUT2D eigenvalue weighted by atomic mass is 10.1. The number of nitrogens with one attached hydrogen (secondary N) is 2. The van der Waals surface area contributed by atoms with Crippen LogP contribution in [0.4, 0.5) is 0 Å². The molecule has 0 fully saturated rings. The summed E-state index contributed by atoms with van der Waals surface area (Å²) in [5.41, 5.74) is 1.01. The Bertz CT molecular complexity index is 571. The molecule has 21 heavy (non-hydrogen) atoms. The van der Waals surface area contributed by atoms with Gasteiger partial charge in [-0.2, -0.15) is 0 Å². The van der Waals surface area contributed by atoms with E-state index in [1.165, 1.54) is 4.88 Å². The Labute approximate surface area is 134 Å². The Morgan fingerprint density at radius 1 is 1.29 bits per heavy atom. The van der Waals surface area contributed by atoms with Crippen LogP contribution in [0.25, 0.3) is 0 Å². The topological polar surface area (TPSA) is 41.1 Å². The third kappa shape index (κ3) is 5.16. The number of hydrogen-bond donors (Lipinski definition) is 2. The second kappa shape index (κ2) is 8.17. The fourth-order valence-electron chi connectivity index (χ4n) is 2.02. The molecule has 0 saturated heterocycles. The molecule has 1 aromatic heterocycles. The van der Waals surface area contributed by atoms with Gasteiger partial charge >= 0.3 is 0 Å². The molecule has 1 amide bonds. The van der Waals surface area contributed by atoms with E-state index in [0.29, 0.717) is 6.54 Å². The summed E-state index contributed by atoms with van der Waals surface area (Å²) in [4.78, 5) is 13.1. The van der Waals surface area contributed by atoms with Crippen molar-refractivity contribution in [1.82, 2.24) is 10.6 Å². The molecular weight excluding hydrogens is 304 g/mol. The van der Waals surface area contributed by atoms with Crippen LogP contribution in [0, 0.1) is 0 Å². The van der Waals surface area contributed by atoms with Gasteiger partial charge in [0.05, 0.1) is 6.54 Å². The van der Waals surface area contributed by atoms with Gasteiger partial charge in [0.25, 0.3) is 0 Å². The summed E-state index contributed by atoms with van der Waals surface area (Å²) in [6.45, 7) is 2.96. The molecule has 3 nitrogen and oxygen atoms in total. The molecule has 1 heterocycles. The van der Waals surface area contributed by atoms with E-state index < -0.39 is 0 Å². The van der Waals surface area contributed by atoms with Crippen LogP contribution in [0.2, 0.25) is 5.02 Å². The quantitative estimate of drug-likeness (QED) is 0.820. The predicted octanol–water partition coefficient (Wildman–Crippen LogP) is 3.41. The summed E-state index contributed by atoms with van der Waals surface area (Å²) in [7, 11) is 0. The van der Waals surface area contributed by atoms with Gasteiger partial charge in [-0.15, -0.1) is 11.3 Å². The average molecular weight is 323 g/mol. The molecule has 0 radical (unpaired) electrons. The van der Waals surface area contributed by atoms with Crippen molar-refractivity contribution in [3.63, 3.8) is 0 Å². The zero-order chi connectivity index (χ0) is 15.1. The molecule has 0 spiro atoms. The fourth-order valence-corrected chi connectivity index (χ4v) is 3.03. The maximum atomic E-state index is 11.8. The van der Waals surface area contributed by atoms with Crippen LogP contribution in [0.5, 0.6) is 0 Å². The summed E-state index contributed by atoms with van der Waals surface area (Å²) < 4.78 is 0. The minimum absolute atomic E-state index is 0.00506. The Morgan fingerprint density at radius 3 is 2.81 bits per heavy atom. The smallest absolute Gasteiger partial charge is 0.233 e. The van der Waals surface area contributed by atoms with Crippen molar-refractivity contribution in [2.24, 2.45) is 0 Å². The Hall–Kier alpha value is -1.36. The zero-order valence-corrected chi connectivity index (χ0v) is 13.5. The number of benzene rings is 1. The summed E-state index contributed by atoms with van der Waals surface area (Å²) in [5, 5.41) is 8.87. The Balaban J connectivity index is 1.70. The lowest BCUT2D eigenvalue weighted by Crippen LogP contribution is -2.36. The maximum Gasteiger partial charge on any atom is 0.233 e. The maximum absolute atomic E-state index is 11.8. The molecule has 5 heteroatoms. The lowest BCUT2D eigenvalue weighted by molar-refractivity contribution is -0.120. The highest BCUT2D eigenvalue weighted by atomic mass is 35.5. The van der Waals surface area contributed by atoms with Crippen LogP contribution in [-0.2, 0) is 11.2 Å². The Morgan fingerprint density at radius 2 is 2.10 bits per heavy atom. The first kappa shape index (κ1) is 16.0. The summed E-state index contributed by atoms with van der Waals surface area (Å²) in [6.07, 6.45) is 0.878. The van der Waals surface area contributed by atoms with E-state index in [-0.39, 0.29) is 18.5 Å². The largest absolute Gasteiger partial charge is 0.355 e. The third-order valence-electron chi connectivity index (χ3n) is 3.21. The number of amides is 1. The molecule has 0 saturated carbocycles. The molecule has 112 valence electrons. The highest BCUT2D eigenvalue weighted by Crippen LogP contribution is 2.21. The molecule has 0 aliphatic rings. The van der Waals surface area contributed by atoms with E-state index in [9.17, 15) is 4.79 Å². The van der Waals surface area contributed by atoms with Crippen molar-refractivity contribution in [2.45, 2.75) is 19.4 Å². The van der Waals surface area contributed by atoms with Crippen molar-refractivity contribution in [3.05, 3.63) is 57.2 Å². The molecule has 0 aliphatic carbocycles. The number of thiophene rings is 1. The van der Waals surface area contributed by atoms with Crippen LogP contribution in [0.15, 0.2) is 41.8 Å². The van der Waals surface area contributed by atoms with Crippen molar-refractivity contribution >= 4 is 28.8 Å². The van der Waals surface area contributed by atoms with Crippen LogP contribution in [-0.4, -0.2) is 19.0 Å². The van der Waals surface area contributed by atoms with Gasteiger partial charge in [-0.1, -0.05) is 35.9 Å². The Kier molecular flexibility index (Phi) is 6.23. The molecule has 2 aromatic rings. The molecule has 0 unspecified atom stereocenters. The van der Waals surface area contributed by atoms with Gasteiger partial charge in [-0.25, -0.2) is 0 Å². The summed E-state index contributed by atoms with van der Waals surface area (Å²) in [6, 6.07) is 11.8. The van der Waals surface area contributed by atoms with Crippen LogP contribution >= 0.6 is 22.9 Å². The number of carbonyl (C=O) groups excluding carboxylic acids is 1. The average Bonchev–Trinajstić information content (AvgIpc) is 2.98. The molecule has 2 rings (SSSR count). The van der Waals surface area contributed by atoms with E-state index in [2.05, 4.69) is 16.7 Å². The van der Waals surface area contributed by atoms with Gasteiger partial charge in [0.15, 0.2) is 0 Å². The first-order valence-corrected chi connectivity index (χ1v) is 8.19. The van der Waals surface area contributed by atoms with E-state index in [0.717, 1.165) is 17.0 Å². The predicted molar refractivity (Wildman–Crippen MR) is 88.9 cm³/mol. The normalized spacial score (nSPS) is 12.1. The SMILES string of the molecule is C[C@@H](NCC(=O)NCCc1cccs1)c1ccccc1Cl. The number of halogens is 1. The number of hydrogen-bond acceptors (Lipinski definition) is 3. The van der Waals surface area contributed by atoms with E-state index in [4.69, 9.17) is 11.6 Å². The zero-order valence-electron chi connectivity index (χ0n) is 11.9. The van der Waals surface area contributed by atoms with Gasteiger partial charge in [-0.3, -0.25) is 4.79 Å². The van der Waals surface area contributed by atoms with Crippen molar-refractivity contribution < 1.29 is 4.79 Å². The molecule has 0 bridgehead atoms. The molecule has 2 N–H and O–H groups in total. The minimum Gasteiger partial charge on any atom is -0.355 e. The van der Waals surface area contributed by atoms with Crippen LogP contribution < -0.4 is 10.6 Å². The second-order valence-electron chi connectivity index (χ2n) is 4.80. The third-order valence-corrected chi connectivity index (χ3v) is 4.49. The second-order valence-corrected chi connectivity index (χ2v) is 6.24. The molecular formula is C16H19ClN2OS. The first-order valence-electron chi connectivity index (χ1n) is 6.93. The number of rotatable bonds is 7. The minimum atomic E-state index is 0.00506. The van der Waals surface area contributed by atoms with Gasteiger partial charge in [0.1, 0.15) is 0 Å². The summed E-state index contributed by atoms with van der Waals surface area (Å²) in [5.74, 6) is 0.00506. The highest BCUT2D eigenvalue weighted by molar-refractivity contribution is 7.09. The molecule has 1 aromatic carbocycles. The number of carbonyl (C=O) groups is 1. The lowest BCUT2D eigenvalue weighted by Gasteiger charge is -2.15. The van der Waals surface area contributed by atoms with Gasteiger partial charge < -0.3 is 10.6 Å². The van der Waals surface area contributed by atoms with Crippen molar-refractivity contribution in [3.8, 4) is 0 Å². The fraction of sp³-hybridized carbons (Fsp3) is 0.312. The van der Waals surface area contributed by atoms with E-state index in [1.807, 2.05) is 42.6 Å². The monoisotopic (exact) mass is 322 g/mol. The van der Waals surface area contributed by atoms with Gasteiger partial charge in [-0.05, 0) is 36.4 Å². The first-order chi connectivity index (χ1) is 10.2. The van der Waals surface area contributed by atoms with Crippen LogP contribution in [0.1, 0.15) is 23.4 Å². The van der Waals surface area contributed by atoms with Crippen LogP contribution in [0.3, 0.4) is 0 Å². The van der Waals surface area contributed by atoms with Gasteiger partial charge in [0.2, 0.25) is 5.91 Å². The summed E-state index contributed by atoms with van der Waals surface area (Å²) >= 11 is 7.85. The highest BCUT2D eigenvalue weighted by Gasteiger charge is 2.10. The molecule has 0 aliphatic heterocycles. The standard InChI is InChI=1S/C16H19ClN2OS/c1-12(14-6-2-3-7-15(14)17)19-11-16(20)18-9-8-13-5-4-10-21-13/h2-7,10,12,19H,8-9,11H2,1H3,(H,18,20)/t12-/m1/s1. The molecule has 1 atom stereocenters. The van der Waals surface area contributed by atoms with E-state index in [1.54, 1.807) is 11.3 Å². The van der Waals surface area contributed by atoms with Crippen molar-refractivity contribution in [2.75, 3.05) is 13.1 Å². The van der Waals surface area contributed by atoms with Crippen molar-refractivity contribution in [1.29, 1.82) is 0 Å². The van der Waals surface area contributed by atoms with Gasteiger partial charge in [0, 0.05) is 22.5 Å².